The summed E-state index contributed by atoms with van der Waals surface area (Å²) >= 11 is 0. The number of rotatable bonds is 6. The number of hydrogen-bond donors (Lipinski definition) is 3. The first-order chi connectivity index (χ1) is 13.8. The highest BCUT2D eigenvalue weighted by molar-refractivity contribution is 6.08. The molecule has 0 bridgehead atoms. The van der Waals surface area contributed by atoms with Gasteiger partial charge in [0.05, 0.1) is 18.1 Å². The SMILES string of the molecule is CC(CNC(=O)CC1(C)NC(=O)NC1=O)c1ccc(-c2cccc(C#N)c2)cc1. The topological polar surface area (TPSA) is 111 Å². The van der Waals surface area contributed by atoms with Crippen LogP contribution in [0.2, 0.25) is 0 Å². The molecule has 0 aromatic heterocycles. The van der Waals surface area contributed by atoms with Crippen molar-refractivity contribution < 1.29 is 14.4 Å². The van der Waals surface area contributed by atoms with E-state index in [9.17, 15) is 14.4 Å². The van der Waals surface area contributed by atoms with Gasteiger partial charge in [0.15, 0.2) is 0 Å². The van der Waals surface area contributed by atoms with E-state index in [1.54, 1.807) is 6.07 Å². The number of carbonyl (C=O) groups is 3. The molecule has 1 saturated heterocycles. The summed E-state index contributed by atoms with van der Waals surface area (Å²) in [5.74, 6) is -0.735. The van der Waals surface area contributed by atoms with Gasteiger partial charge in [0.25, 0.3) is 5.91 Å². The maximum absolute atomic E-state index is 12.2. The van der Waals surface area contributed by atoms with Crippen molar-refractivity contribution in [2.75, 3.05) is 6.54 Å². The Morgan fingerprint density at radius 3 is 2.52 bits per heavy atom. The highest BCUT2D eigenvalue weighted by atomic mass is 16.2. The maximum Gasteiger partial charge on any atom is 0.322 e. The highest BCUT2D eigenvalue weighted by Gasteiger charge is 2.43. The highest BCUT2D eigenvalue weighted by Crippen LogP contribution is 2.23. The number of imide groups is 1. The summed E-state index contributed by atoms with van der Waals surface area (Å²) in [6.07, 6.45) is -0.120. The Labute approximate surface area is 169 Å². The molecular weight excluding hydrogens is 368 g/mol. The third-order valence-corrected chi connectivity index (χ3v) is 5.04. The molecule has 2 aromatic rings. The zero-order valence-electron chi connectivity index (χ0n) is 16.3. The molecule has 0 radical (unpaired) electrons. The second kappa shape index (κ2) is 8.15. The quantitative estimate of drug-likeness (QED) is 0.658. The van der Waals surface area contributed by atoms with Crippen molar-refractivity contribution in [1.29, 1.82) is 5.26 Å². The number of hydrogen-bond acceptors (Lipinski definition) is 4. The summed E-state index contributed by atoms with van der Waals surface area (Å²) in [5.41, 5.74) is 2.44. The molecule has 3 N–H and O–H groups in total. The smallest absolute Gasteiger partial charge is 0.322 e. The van der Waals surface area contributed by atoms with Gasteiger partial charge >= 0.3 is 6.03 Å². The van der Waals surface area contributed by atoms with E-state index >= 15 is 0 Å². The number of benzene rings is 2. The van der Waals surface area contributed by atoms with Gasteiger partial charge in [-0.15, -0.1) is 0 Å². The molecule has 0 spiro atoms. The zero-order valence-corrected chi connectivity index (χ0v) is 16.3. The normalized spacial score (nSPS) is 19.1. The van der Waals surface area contributed by atoms with Crippen LogP contribution in [0.25, 0.3) is 11.1 Å². The summed E-state index contributed by atoms with van der Waals surface area (Å²) < 4.78 is 0. The summed E-state index contributed by atoms with van der Waals surface area (Å²) in [4.78, 5) is 35.3. The molecule has 0 saturated carbocycles. The minimum absolute atomic E-state index is 0.0678. The lowest BCUT2D eigenvalue weighted by Gasteiger charge is -2.20. The Morgan fingerprint density at radius 1 is 1.17 bits per heavy atom. The number of nitriles is 1. The van der Waals surface area contributed by atoms with E-state index in [1.165, 1.54) is 6.92 Å². The van der Waals surface area contributed by atoms with Gasteiger partial charge in [0.2, 0.25) is 5.91 Å². The van der Waals surface area contributed by atoms with Crippen molar-refractivity contribution in [3.05, 3.63) is 59.7 Å². The number of carbonyl (C=O) groups excluding carboxylic acids is 3. The predicted octanol–water partition coefficient (Wildman–Crippen LogP) is 2.43. The van der Waals surface area contributed by atoms with E-state index in [1.807, 2.05) is 49.4 Å². The first-order valence-corrected chi connectivity index (χ1v) is 9.31. The van der Waals surface area contributed by atoms with Crippen molar-refractivity contribution >= 4 is 17.8 Å². The molecule has 7 nitrogen and oxygen atoms in total. The molecule has 1 aliphatic heterocycles. The van der Waals surface area contributed by atoms with Crippen molar-refractivity contribution in [3.8, 4) is 17.2 Å². The number of amides is 4. The number of nitrogens with one attached hydrogen (secondary N) is 3. The first kappa shape index (κ1) is 20.1. The minimum Gasteiger partial charge on any atom is -0.355 e. The van der Waals surface area contributed by atoms with Gasteiger partial charge in [-0.05, 0) is 41.7 Å². The van der Waals surface area contributed by atoms with Crippen LogP contribution in [0.3, 0.4) is 0 Å². The third kappa shape index (κ3) is 4.61. The molecule has 4 amide bonds. The van der Waals surface area contributed by atoms with Crippen LogP contribution in [0.1, 0.15) is 37.3 Å². The first-order valence-electron chi connectivity index (χ1n) is 9.31. The van der Waals surface area contributed by atoms with Crippen LogP contribution in [-0.2, 0) is 9.59 Å². The van der Waals surface area contributed by atoms with E-state index in [4.69, 9.17) is 5.26 Å². The molecule has 2 atom stereocenters. The molecule has 1 fully saturated rings. The zero-order chi connectivity index (χ0) is 21.0. The predicted molar refractivity (Wildman–Crippen MR) is 108 cm³/mol. The van der Waals surface area contributed by atoms with Gasteiger partial charge in [0, 0.05) is 6.54 Å². The van der Waals surface area contributed by atoms with Gasteiger partial charge < -0.3 is 10.6 Å². The maximum atomic E-state index is 12.2. The van der Waals surface area contributed by atoms with Crippen molar-refractivity contribution in [2.45, 2.75) is 31.7 Å². The molecule has 1 aliphatic rings. The van der Waals surface area contributed by atoms with Gasteiger partial charge in [-0.1, -0.05) is 43.3 Å². The van der Waals surface area contributed by atoms with Crippen LogP contribution < -0.4 is 16.0 Å². The van der Waals surface area contributed by atoms with E-state index in [0.717, 1.165) is 16.7 Å². The molecule has 2 unspecified atom stereocenters. The van der Waals surface area contributed by atoms with E-state index < -0.39 is 17.5 Å². The van der Waals surface area contributed by atoms with Gasteiger partial charge in [-0.3, -0.25) is 14.9 Å². The third-order valence-electron chi connectivity index (χ3n) is 5.04. The largest absolute Gasteiger partial charge is 0.355 e. The van der Waals surface area contributed by atoms with Crippen LogP contribution in [0.15, 0.2) is 48.5 Å². The fraction of sp³-hybridized carbons (Fsp3) is 0.273. The molecule has 29 heavy (non-hydrogen) atoms. The van der Waals surface area contributed by atoms with Crippen LogP contribution in [-0.4, -0.2) is 29.9 Å². The Bertz CT molecular complexity index is 994. The van der Waals surface area contributed by atoms with E-state index in [-0.39, 0.29) is 18.2 Å². The summed E-state index contributed by atoms with van der Waals surface area (Å²) in [7, 11) is 0. The molecule has 2 aromatic carbocycles. The van der Waals surface area contributed by atoms with Crippen LogP contribution in [0, 0.1) is 11.3 Å². The molecule has 3 rings (SSSR count). The molecule has 148 valence electrons. The Hall–Kier alpha value is -3.66. The Morgan fingerprint density at radius 2 is 1.90 bits per heavy atom. The lowest BCUT2D eigenvalue weighted by Crippen LogP contribution is -2.47. The Kier molecular flexibility index (Phi) is 5.64. The van der Waals surface area contributed by atoms with E-state index in [2.05, 4.69) is 22.0 Å². The molecule has 1 heterocycles. The average Bonchev–Trinajstić information content (AvgIpc) is 2.97. The lowest BCUT2D eigenvalue weighted by atomic mass is 9.96. The summed E-state index contributed by atoms with van der Waals surface area (Å²) in [5, 5.41) is 16.5. The van der Waals surface area contributed by atoms with Crippen LogP contribution >= 0.6 is 0 Å². The van der Waals surface area contributed by atoms with Crippen LogP contribution in [0.4, 0.5) is 4.79 Å². The van der Waals surface area contributed by atoms with Crippen LogP contribution in [0.5, 0.6) is 0 Å². The van der Waals surface area contributed by atoms with Crippen molar-refractivity contribution in [3.63, 3.8) is 0 Å². The van der Waals surface area contributed by atoms with Gasteiger partial charge in [-0.25, -0.2) is 4.79 Å². The average molecular weight is 390 g/mol. The molecule has 0 aliphatic carbocycles. The van der Waals surface area contributed by atoms with E-state index in [0.29, 0.717) is 12.1 Å². The van der Waals surface area contributed by atoms with Gasteiger partial charge in [0.1, 0.15) is 5.54 Å². The molecule has 7 heteroatoms. The fourth-order valence-electron chi connectivity index (χ4n) is 3.24. The summed E-state index contributed by atoms with van der Waals surface area (Å²) in [6.45, 7) is 3.93. The van der Waals surface area contributed by atoms with Crippen molar-refractivity contribution in [2.24, 2.45) is 0 Å². The Balaban J connectivity index is 1.57. The van der Waals surface area contributed by atoms with Crippen molar-refractivity contribution in [1.82, 2.24) is 16.0 Å². The summed E-state index contributed by atoms with van der Waals surface area (Å²) in [6, 6.07) is 17.0. The molecular formula is C22H22N4O3. The lowest BCUT2D eigenvalue weighted by molar-refractivity contribution is -0.129. The standard InChI is InChI=1S/C22H22N4O3/c1-14(13-24-19(27)11-22(2)20(28)25-21(29)26-22)16-6-8-17(9-7-16)18-5-3-4-15(10-18)12-23/h3-10,14H,11,13H2,1-2H3,(H,24,27)(H2,25,26,28,29). The van der Waals surface area contributed by atoms with Gasteiger partial charge in [-0.2, -0.15) is 5.26 Å². The fourth-order valence-corrected chi connectivity index (χ4v) is 3.24. The second-order valence-corrected chi connectivity index (χ2v) is 7.44. The minimum atomic E-state index is -1.22. The second-order valence-electron chi connectivity index (χ2n) is 7.44. The number of urea groups is 1. The number of nitrogens with zero attached hydrogens (tertiary/aromatic N) is 1. The monoisotopic (exact) mass is 390 g/mol.